The number of piperidine rings is 1. The summed E-state index contributed by atoms with van der Waals surface area (Å²) in [6.45, 7) is 2.08. The van der Waals surface area contributed by atoms with E-state index < -0.39 is 21.6 Å². The Labute approximate surface area is 159 Å². The molecule has 0 aromatic heterocycles. The molecule has 0 aliphatic carbocycles. The number of halogens is 1. The van der Waals surface area contributed by atoms with Crippen LogP contribution in [0.3, 0.4) is 0 Å². The van der Waals surface area contributed by atoms with E-state index in [1.54, 1.807) is 4.90 Å². The van der Waals surface area contributed by atoms with Gasteiger partial charge in [0.05, 0.1) is 16.2 Å². The van der Waals surface area contributed by atoms with Crippen LogP contribution < -0.4 is 0 Å². The highest BCUT2D eigenvalue weighted by Gasteiger charge is 2.30. The zero-order valence-electron chi connectivity index (χ0n) is 15.4. The Balaban J connectivity index is 1.90. The second-order valence-corrected chi connectivity index (χ2v) is 9.16. The summed E-state index contributed by atoms with van der Waals surface area (Å²) in [6, 6.07) is 13.4. The van der Waals surface area contributed by atoms with Crippen LogP contribution in [0, 0.1) is 5.82 Å². The number of carbonyl (C=O) groups is 1. The average molecular weight is 389 g/mol. The lowest BCUT2D eigenvalue weighted by molar-refractivity contribution is 0.0608. The highest BCUT2D eigenvalue weighted by atomic mass is 32.2. The summed E-state index contributed by atoms with van der Waals surface area (Å²) in [5.41, 5.74) is 0.967. The molecule has 6 heteroatoms. The van der Waals surface area contributed by atoms with E-state index in [9.17, 15) is 17.6 Å². The van der Waals surface area contributed by atoms with Crippen LogP contribution in [0.2, 0.25) is 0 Å². The van der Waals surface area contributed by atoms with Gasteiger partial charge in [-0.1, -0.05) is 37.3 Å². The van der Waals surface area contributed by atoms with Crippen molar-refractivity contribution in [3.8, 4) is 0 Å². The molecule has 2 aromatic rings. The first-order valence-corrected chi connectivity index (χ1v) is 10.9. The Morgan fingerprint density at radius 3 is 2.59 bits per heavy atom. The van der Waals surface area contributed by atoms with Crippen molar-refractivity contribution in [3.63, 3.8) is 0 Å². The van der Waals surface area contributed by atoms with Crippen molar-refractivity contribution in [2.24, 2.45) is 0 Å². The van der Waals surface area contributed by atoms with Crippen molar-refractivity contribution in [1.82, 2.24) is 4.90 Å². The minimum Gasteiger partial charge on any atom is -0.335 e. The van der Waals surface area contributed by atoms with Crippen molar-refractivity contribution in [2.45, 2.75) is 43.5 Å². The summed E-state index contributed by atoms with van der Waals surface area (Å²) in [6.07, 6.45) is 3.45. The van der Waals surface area contributed by atoms with Crippen LogP contribution in [0.4, 0.5) is 4.39 Å². The van der Waals surface area contributed by atoms with Crippen LogP contribution in [-0.4, -0.2) is 37.6 Å². The lowest BCUT2D eigenvalue weighted by Crippen LogP contribution is -2.45. The normalized spacial score (nSPS) is 17.7. The predicted octanol–water partition coefficient (Wildman–Crippen LogP) is 3.86. The highest BCUT2D eigenvalue weighted by Crippen LogP contribution is 2.25. The number of sulfone groups is 1. The Morgan fingerprint density at radius 2 is 1.89 bits per heavy atom. The van der Waals surface area contributed by atoms with E-state index >= 15 is 0 Å². The van der Waals surface area contributed by atoms with E-state index in [1.807, 2.05) is 30.3 Å². The number of amides is 1. The molecule has 1 aliphatic heterocycles. The minimum atomic E-state index is -3.50. The van der Waals surface area contributed by atoms with Gasteiger partial charge in [0.15, 0.2) is 9.84 Å². The van der Waals surface area contributed by atoms with Crippen molar-refractivity contribution >= 4 is 15.7 Å². The van der Waals surface area contributed by atoms with E-state index in [2.05, 4.69) is 0 Å². The van der Waals surface area contributed by atoms with Gasteiger partial charge in [-0.15, -0.1) is 0 Å². The lowest BCUT2D eigenvalue weighted by Gasteiger charge is -2.36. The van der Waals surface area contributed by atoms with Gasteiger partial charge in [0.1, 0.15) is 5.82 Å². The number of carbonyl (C=O) groups excluding carboxylic acids is 1. The smallest absolute Gasteiger partial charge is 0.257 e. The van der Waals surface area contributed by atoms with Crippen LogP contribution in [0.1, 0.15) is 42.1 Å². The predicted molar refractivity (Wildman–Crippen MR) is 103 cm³/mol. The maximum atomic E-state index is 14.4. The van der Waals surface area contributed by atoms with Gasteiger partial charge in [-0.25, -0.2) is 12.8 Å². The largest absolute Gasteiger partial charge is 0.335 e. The van der Waals surface area contributed by atoms with Gasteiger partial charge in [-0.05, 0) is 49.4 Å². The quantitative estimate of drug-likeness (QED) is 0.730. The number of nitrogens with zero attached hydrogens (tertiary/aromatic N) is 1. The molecular weight excluding hydrogens is 365 g/mol. The summed E-state index contributed by atoms with van der Waals surface area (Å²) in [7, 11) is -3.50. The van der Waals surface area contributed by atoms with Crippen molar-refractivity contribution in [3.05, 3.63) is 65.5 Å². The zero-order chi connectivity index (χ0) is 19.4. The van der Waals surface area contributed by atoms with Crippen molar-refractivity contribution in [1.29, 1.82) is 0 Å². The van der Waals surface area contributed by atoms with Gasteiger partial charge in [-0.3, -0.25) is 4.79 Å². The maximum absolute atomic E-state index is 14.4. The monoisotopic (exact) mass is 389 g/mol. The van der Waals surface area contributed by atoms with Crippen molar-refractivity contribution < 1.29 is 17.6 Å². The van der Waals surface area contributed by atoms with Gasteiger partial charge in [-0.2, -0.15) is 0 Å². The van der Waals surface area contributed by atoms with Crippen LogP contribution >= 0.6 is 0 Å². The molecule has 1 aliphatic rings. The Hall–Kier alpha value is -2.21. The zero-order valence-corrected chi connectivity index (χ0v) is 16.2. The molecule has 144 valence electrons. The third-order valence-electron chi connectivity index (χ3n) is 5.11. The van der Waals surface area contributed by atoms with Crippen LogP contribution in [0.15, 0.2) is 53.4 Å². The van der Waals surface area contributed by atoms with Gasteiger partial charge in [0.25, 0.3) is 5.91 Å². The molecule has 3 rings (SSSR count). The highest BCUT2D eigenvalue weighted by molar-refractivity contribution is 7.91. The molecule has 1 unspecified atom stereocenters. The van der Waals surface area contributed by atoms with E-state index in [0.29, 0.717) is 13.0 Å². The average Bonchev–Trinajstić information content (AvgIpc) is 2.69. The summed E-state index contributed by atoms with van der Waals surface area (Å²) in [5, 5.41) is 0. The third kappa shape index (κ3) is 4.38. The first-order valence-electron chi connectivity index (χ1n) is 9.29. The number of rotatable bonds is 5. The second-order valence-electron chi connectivity index (χ2n) is 6.88. The summed E-state index contributed by atoms with van der Waals surface area (Å²) in [5.74, 6) is -1.20. The molecule has 1 heterocycles. The number of benzene rings is 2. The van der Waals surface area contributed by atoms with Crippen molar-refractivity contribution in [2.75, 3.05) is 12.3 Å². The first kappa shape index (κ1) is 19.5. The van der Waals surface area contributed by atoms with Gasteiger partial charge in [0.2, 0.25) is 0 Å². The summed E-state index contributed by atoms with van der Waals surface area (Å²) in [4.78, 5) is 14.8. The van der Waals surface area contributed by atoms with E-state index in [4.69, 9.17) is 0 Å². The van der Waals surface area contributed by atoms with Crippen LogP contribution in [0.5, 0.6) is 0 Å². The van der Waals surface area contributed by atoms with Gasteiger partial charge in [0, 0.05) is 12.6 Å². The molecule has 2 aromatic carbocycles. The fraction of sp³-hybridized carbons (Fsp3) is 0.381. The molecule has 27 heavy (non-hydrogen) atoms. The molecule has 1 saturated heterocycles. The summed E-state index contributed by atoms with van der Waals surface area (Å²) < 4.78 is 38.6. The number of hydrogen-bond acceptors (Lipinski definition) is 3. The Morgan fingerprint density at radius 1 is 1.15 bits per heavy atom. The Kier molecular flexibility index (Phi) is 5.95. The topological polar surface area (TPSA) is 54.5 Å². The molecule has 0 N–H and O–H groups in total. The van der Waals surface area contributed by atoms with E-state index in [-0.39, 0.29) is 22.3 Å². The van der Waals surface area contributed by atoms with Gasteiger partial charge >= 0.3 is 0 Å². The number of hydrogen-bond donors (Lipinski definition) is 0. The fourth-order valence-electron chi connectivity index (χ4n) is 3.55. The lowest BCUT2D eigenvalue weighted by atomic mass is 9.95. The molecule has 4 nitrogen and oxygen atoms in total. The molecule has 0 bridgehead atoms. The fourth-order valence-corrected chi connectivity index (χ4v) is 4.46. The van der Waals surface area contributed by atoms with Crippen LogP contribution in [0.25, 0.3) is 0 Å². The summed E-state index contributed by atoms with van der Waals surface area (Å²) >= 11 is 0. The third-order valence-corrected chi connectivity index (χ3v) is 6.84. The van der Waals surface area contributed by atoms with E-state index in [0.717, 1.165) is 30.9 Å². The molecule has 0 saturated carbocycles. The minimum absolute atomic E-state index is 0.00799. The number of likely N-dealkylation sites (tertiary alicyclic amines) is 1. The van der Waals surface area contributed by atoms with Gasteiger partial charge < -0.3 is 4.90 Å². The molecule has 0 radical (unpaired) electrons. The molecule has 1 atom stereocenters. The molecule has 0 spiro atoms. The Bertz CT molecular complexity index is 912. The molecule has 1 amide bonds. The SMILES string of the molecule is CCS(=O)(=O)c1ccc(F)c(C(=O)N2CCCCC2Cc2ccccc2)c1. The second kappa shape index (κ2) is 8.21. The van der Waals surface area contributed by atoms with E-state index in [1.165, 1.54) is 19.1 Å². The standard InChI is InChI=1S/C21H24FNO3S/c1-2-27(25,26)18-11-12-20(22)19(15-18)21(24)23-13-7-6-10-17(23)14-16-8-4-3-5-9-16/h3-5,8-9,11-12,15,17H,2,6-7,10,13-14H2,1H3. The first-order chi connectivity index (χ1) is 12.9. The molecule has 1 fully saturated rings. The maximum Gasteiger partial charge on any atom is 0.257 e. The van der Waals surface area contributed by atoms with Crippen LogP contribution in [-0.2, 0) is 16.3 Å². The molecular formula is C21H24FNO3S.